The summed E-state index contributed by atoms with van der Waals surface area (Å²) in [6.45, 7) is 0.426. The van der Waals surface area contributed by atoms with Crippen LogP contribution in [0.3, 0.4) is 0 Å². The van der Waals surface area contributed by atoms with Crippen molar-refractivity contribution >= 4 is 11.6 Å². The zero-order valence-electron chi connectivity index (χ0n) is 14.5. The number of carbonyl (C=O) groups excluding carboxylic acids is 1. The molecule has 0 bridgehead atoms. The molecule has 0 aliphatic heterocycles. The number of methoxy groups -OCH3 is 1. The number of anilines is 1. The Morgan fingerprint density at radius 3 is 2.62 bits per heavy atom. The summed E-state index contributed by atoms with van der Waals surface area (Å²) in [6, 6.07) is 18.6. The Balaban J connectivity index is 1.58. The van der Waals surface area contributed by atoms with Crippen LogP contribution in [-0.4, -0.2) is 18.0 Å². The van der Waals surface area contributed by atoms with Gasteiger partial charge in [-0.2, -0.15) is 0 Å². The average Bonchev–Trinajstić information content (AvgIpc) is 2.67. The summed E-state index contributed by atoms with van der Waals surface area (Å²) < 4.78 is 10.9. The molecule has 5 nitrogen and oxygen atoms in total. The number of aromatic nitrogens is 1. The van der Waals surface area contributed by atoms with Crippen molar-refractivity contribution in [1.82, 2.24) is 4.98 Å². The van der Waals surface area contributed by atoms with Crippen LogP contribution >= 0.6 is 0 Å². The van der Waals surface area contributed by atoms with Crippen LogP contribution in [0.2, 0.25) is 0 Å². The van der Waals surface area contributed by atoms with E-state index in [9.17, 15) is 4.79 Å². The van der Waals surface area contributed by atoms with Gasteiger partial charge in [0.1, 0.15) is 18.1 Å². The van der Waals surface area contributed by atoms with Crippen molar-refractivity contribution in [2.24, 2.45) is 0 Å². The average molecular weight is 348 g/mol. The van der Waals surface area contributed by atoms with Gasteiger partial charge in [-0.15, -0.1) is 0 Å². The van der Waals surface area contributed by atoms with Crippen LogP contribution < -0.4 is 14.8 Å². The van der Waals surface area contributed by atoms with Gasteiger partial charge < -0.3 is 14.8 Å². The molecule has 132 valence electrons. The Morgan fingerprint density at radius 2 is 1.81 bits per heavy atom. The number of hydrogen-bond donors (Lipinski definition) is 1. The lowest BCUT2D eigenvalue weighted by atomic mass is 10.1. The number of rotatable bonds is 7. The molecule has 3 aromatic rings. The van der Waals surface area contributed by atoms with Crippen LogP contribution in [0.4, 0.5) is 5.69 Å². The van der Waals surface area contributed by atoms with Crippen molar-refractivity contribution < 1.29 is 14.3 Å². The summed E-state index contributed by atoms with van der Waals surface area (Å²) in [6.07, 6.45) is 3.76. The van der Waals surface area contributed by atoms with Gasteiger partial charge in [0.25, 0.3) is 0 Å². The Hall–Kier alpha value is -3.34. The molecule has 0 saturated heterocycles. The lowest BCUT2D eigenvalue weighted by molar-refractivity contribution is -0.115. The molecule has 0 unspecified atom stereocenters. The molecule has 1 amide bonds. The van der Waals surface area contributed by atoms with Gasteiger partial charge in [-0.25, -0.2) is 0 Å². The van der Waals surface area contributed by atoms with Crippen LogP contribution in [0.15, 0.2) is 73.1 Å². The van der Waals surface area contributed by atoms with Crippen molar-refractivity contribution in [1.29, 1.82) is 0 Å². The van der Waals surface area contributed by atoms with E-state index in [-0.39, 0.29) is 12.3 Å². The summed E-state index contributed by atoms with van der Waals surface area (Å²) in [5.74, 6) is 1.33. The second kappa shape index (κ2) is 8.67. The highest BCUT2D eigenvalue weighted by Crippen LogP contribution is 2.19. The van der Waals surface area contributed by atoms with E-state index >= 15 is 0 Å². The van der Waals surface area contributed by atoms with Gasteiger partial charge in [0.15, 0.2) is 0 Å². The van der Waals surface area contributed by atoms with Crippen LogP contribution in [0.1, 0.15) is 11.1 Å². The predicted molar refractivity (Wildman–Crippen MR) is 100 cm³/mol. The minimum absolute atomic E-state index is 0.0948. The molecule has 1 N–H and O–H groups in total. The molecule has 0 spiro atoms. The number of hydrogen-bond acceptors (Lipinski definition) is 4. The maximum absolute atomic E-state index is 12.3. The lowest BCUT2D eigenvalue weighted by Crippen LogP contribution is -2.14. The predicted octanol–water partition coefficient (Wildman–Crippen LogP) is 3.85. The fraction of sp³-hybridized carbons (Fsp3) is 0.143. The van der Waals surface area contributed by atoms with Crippen molar-refractivity contribution in [2.45, 2.75) is 13.0 Å². The molecular weight excluding hydrogens is 328 g/mol. The SMILES string of the molecule is COc1cccc(CC(=O)Nc2cccc(OCc3cccnc3)c2)c1. The minimum Gasteiger partial charge on any atom is -0.497 e. The standard InChI is InChI=1S/C21H20N2O3/c1-25-19-8-2-5-16(11-19)12-21(24)23-18-7-3-9-20(13-18)26-15-17-6-4-10-22-14-17/h2-11,13-14H,12,15H2,1H3,(H,23,24). The zero-order valence-corrected chi connectivity index (χ0v) is 14.5. The lowest BCUT2D eigenvalue weighted by Gasteiger charge is -2.10. The molecule has 3 rings (SSSR count). The largest absolute Gasteiger partial charge is 0.497 e. The number of carbonyl (C=O) groups is 1. The second-order valence-corrected chi connectivity index (χ2v) is 5.75. The topological polar surface area (TPSA) is 60.5 Å². The maximum Gasteiger partial charge on any atom is 0.228 e. The minimum atomic E-state index is -0.0948. The van der Waals surface area contributed by atoms with Gasteiger partial charge in [-0.3, -0.25) is 9.78 Å². The van der Waals surface area contributed by atoms with Crippen molar-refractivity contribution in [3.8, 4) is 11.5 Å². The molecule has 0 saturated carbocycles. The van der Waals surface area contributed by atoms with E-state index < -0.39 is 0 Å². The van der Waals surface area contributed by atoms with E-state index in [0.717, 1.165) is 16.9 Å². The molecule has 0 aliphatic carbocycles. The van der Waals surface area contributed by atoms with Crippen molar-refractivity contribution in [3.05, 3.63) is 84.2 Å². The summed E-state index contributed by atoms with van der Waals surface area (Å²) >= 11 is 0. The van der Waals surface area contributed by atoms with Gasteiger partial charge in [0.05, 0.1) is 13.5 Å². The first-order valence-corrected chi connectivity index (χ1v) is 8.27. The molecule has 2 aromatic carbocycles. The molecule has 0 atom stereocenters. The number of benzene rings is 2. The van der Waals surface area contributed by atoms with E-state index in [0.29, 0.717) is 18.0 Å². The highest BCUT2D eigenvalue weighted by Gasteiger charge is 2.06. The maximum atomic E-state index is 12.3. The van der Waals surface area contributed by atoms with E-state index in [1.165, 1.54) is 0 Å². The number of nitrogens with zero attached hydrogens (tertiary/aromatic N) is 1. The molecule has 26 heavy (non-hydrogen) atoms. The normalized spacial score (nSPS) is 10.2. The molecule has 0 aliphatic rings. The quantitative estimate of drug-likeness (QED) is 0.704. The molecule has 5 heteroatoms. The van der Waals surface area contributed by atoms with Gasteiger partial charge in [-0.1, -0.05) is 24.3 Å². The number of pyridine rings is 1. The second-order valence-electron chi connectivity index (χ2n) is 5.75. The van der Waals surface area contributed by atoms with Crippen molar-refractivity contribution in [3.63, 3.8) is 0 Å². The Kier molecular flexibility index (Phi) is 5.83. The first-order valence-electron chi connectivity index (χ1n) is 8.27. The fourth-order valence-corrected chi connectivity index (χ4v) is 2.49. The first-order chi connectivity index (χ1) is 12.7. The van der Waals surface area contributed by atoms with E-state index in [2.05, 4.69) is 10.3 Å². The number of amides is 1. The molecule has 1 aromatic heterocycles. The molecule has 0 radical (unpaired) electrons. The summed E-state index contributed by atoms with van der Waals surface area (Å²) in [4.78, 5) is 16.3. The van der Waals surface area contributed by atoms with Gasteiger partial charge >= 0.3 is 0 Å². The smallest absolute Gasteiger partial charge is 0.228 e. The first kappa shape index (κ1) is 17.5. The molecule has 1 heterocycles. The summed E-state index contributed by atoms with van der Waals surface area (Å²) in [7, 11) is 1.61. The highest BCUT2D eigenvalue weighted by molar-refractivity contribution is 5.92. The Labute approximate surface area is 152 Å². The Bertz CT molecular complexity index is 866. The monoisotopic (exact) mass is 348 g/mol. The van der Waals surface area contributed by atoms with Crippen molar-refractivity contribution in [2.75, 3.05) is 12.4 Å². The Morgan fingerprint density at radius 1 is 1.00 bits per heavy atom. The summed E-state index contributed by atoms with van der Waals surface area (Å²) in [5.41, 5.74) is 2.58. The number of nitrogens with one attached hydrogen (secondary N) is 1. The third-order valence-electron chi connectivity index (χ3n) is 3.74. The van der Waals surface area contributed by atoms with Gasteiger partial charge in [0, 0.05) is 29.7 Å². The number of ether oxygens (including phenoxy) is 2. The van der Waals surface area contributed by atoms with Gasteiger partial charge in [0.2, 0.25) is 5.91 Å². The third-order valence-corrected chi connectivity index (χ3v) is 3.74. The van der Waals surface area contributed by atoms with E-state index in [4.69, 9.17) is 9.47 Å². The van der Waals surface area contributed by atoms with Gasteiger partial charge in [-0.05, 0) is 35.9 Å². The van der Waals surface area contributed by atoms with E-state index in [1.807, 2.05) is 54.6 Å². The van der Waals surface area contributed by atoms with Crippen LogP contribution in [-0.2, 0) is 17.8 Å². The van der Waals surface area contributed by atoms with Crippen LogP contribution in [0.25, 0.3) is 0 Å². The van der Waals surface area contributed by atoms with Crippen LogP contribution in [0, 0.1) is 0 Å². The zero-order chi connectivity index (χ0) is 18.2. The molecule has 0 fully saturated rings. The third kappa shape index (κ3) is 5.08. The highest BCUT2D eigenvalue weighted by atomic mass is 16.5. The summed E-state index contributed by atoms with van der Waals surface area (Å²) in [5, 5.41) is 2.89. The molecular formula is C21H20N2O3. The van der Waals surface area contributed by atoms with E-state index in [1.54, 1.807) is 25.6 Å². The fourth-order valence-electron chi connectivity index (χ4n) is 2.49. The van der Waals surface area contributed by atoms with Crippen LogP contribution in [0.5, 0.6) is 11.5 Å².